The fourth-order valence-corrected chi connectivity index (χ4v) is 5.03. The quantitative estimate of drug-likeness (QED) is 0.303. The van der Waals surface area contributed by atoms with E-state index >= 15 is 0 Å². The lowest BCUT2D eigenvalue weighted by Gasteiger charge is -2.23. The van der Waals surface area contributed by atoms with Crippen LogP contribution in [0, 0.1) is 0 Å². The van der Waals surface area contributed by atoms with E-state index in [1.807, 2.05) is 6.92 Å². The second-order valence-corrected chi connectivity index (χ2v) is 10.1. The van der Waals surface area contributed by atoms with Crippen LogP contribution in [0.3, 0.4) is 0 Å². The Bertz CT molecular complexity index is 391. The highest BCUT2D eigenvalue weighted by Crippen LogP contribution is 2.46. The lowest BCUT2D eigenvalue weighted by molar-refractivity contribution is 0.0515. The zero-order chi connectivity index (χ0) is 17.4. The number of halogens is 1. The summed E-state index contributed by atoms with van der Waals surface area (Å²) >= 11 is 3.45. The second kappa shape index (κ2) is 10.4. The molecule has 6 nitrogen and oxygen atoms in total. The average Bonchev–Trinajstić information content (AvgIpc) is 2.34. The molecule has 0 saturated heterocycles. The van der Waals surface area contributed by atoms with Crippen LogP contribution in [0.25, 0.3) is 0 Å². The minimum absolute atomic E-state index is 0.0144. The van der Waals surface area contributed by atoms with E-state index in [0.717, 1.165) is 0 Å². The normalized spacial score (nSPS) is 17.4. The number of ether oxygens (including phenoxy) is 1. The number of rotatable bonds is 9. The van der Waals surface area contributed by atoms with Gasteiger partial charge in [0.25, 0.3) is 0 Å². The average molecular weight is 467 g/mol. The van der Waals surface area contributed by atoms with Crippen molar-refractivity contribution in [2.24, 2.45) is 0 Å². The summed E-state index contributed by atoms with van der Waals surface area (Å²) in [4.78, 5) is 21.4. The van der Waals surface area contributed by atoms with Gasteiger partial charge in [-0.25, -0.2) is 4.79 Å². The van der Waals surface area contributed by atoms with Crippen molar-refractivity contribution < 1.29 is 23.5 Å². The molecule has 0 aromatic rings. The van der Waals surface area contributed by atoms with Crippen molar-refractivity contribution in [2.75, 3.05) is 15.7 Å². The summed E-state index contributed by atoms with van der Waals surface area (Å²) in [6, 6.07) is -0.121. The third-order valence-electron chi connectivity index (χ3n) is 2.40. The Morgan fingerprint density at radius 1 is 1.45 bits per heavy atom. The molecule has 132 valence electrons. The maximum atomic E-state index is 11.9. The monoisotopic (exact) mass is 467 g/mol. The van der Waals surface area contributed by atoms with Crippen molar-refractivity contribution in [1.82, 2.24) is 5.32 Å². The summed E-state index contributed by atoms with van der Waals surface area (Å²) in [5, 5.41) is 2.76. The molecule has 0 heterocycles. The van der Waals surface area contributed by atoms with Crippen LogP contribution in [-0.4, -0.2) is 44.4 Å². The lowest BCUT2D eigenvalue weighted by atomic mass is 10.2. The summed E-state index contributed by atoms with van der Waals surface area (Å²) in [5.74, 6) is 0.524. The molecule has 3 unspecified atom stereocenters. The molecule has 0 aliphatic heterocycles. The van der Waals surface area contributed by atoms with E-state index < -0.39 is 19.3 Å². The summed E-state index contributed by atoms with van der Waals surface area (Å²) in [6.45, 7) is 9.07. The molecule has 9 heteroatoms. The zero-order valence-corrected chi connectivity index (χ0v) is 17.7. The van der Waals surface area contributed by atoms with Gasteiger partial charge in [0, 0.05) is 10.2 Å². The summed E-state index contributed by atoms with van der Waals surface area (Å²) in [5.41, 5.74) is -0.529. The SMILES string of the molecule is CCC(C)OP(=O)(O)CSCC(CI)NC(=O)OC(C)(C)C. The van der Waals surface area contributed by atoms with Crippen LogP contribution in [-0.2, 0) is 13.8 Å². The van der Waals surface area contributed by atoms with Gasteiger partial charge >= 0.3 is 13.7 Å². The third-order valence-corrected chi connectivity index (χ3v) is 6.83. The molecule has 0 bridgehead atoms. The number of hydrogen-bond donors (Lipinski definition) is 2. The van der Waals surface area contributed by atoms with Gasteiger partial charge in [0.2, 0.25) is 0 Å². The molecule has 0 aromatic heterocycles. The van der Waals surface area contributed by atoms with Crippen molar-refractivity contribution in [3.63, 3.8) is 0 Å². The van der Waals surface area contributed by atoms with Gasteiger partial charge in [-0.05, 0) is 34.1 Å². The molecular weight excluding hydrogens is 440 g/mol. The van der Waals surface area contributed by atoms with Crippen LogP contribution >= 0.6 is 41.9 Å². The fourth-order valence-electron chi connectivity index (χ4n) is 1.30. The summed E-state index contributed by atoms with van der Waals surface area (Å²) in [6.07, 6.45) is -0.0271. The Balaban J connectivity index is 4.20. The van der Waals surface area contributed by atoms with E-state index in [1.54, 1.807) is 27.7 Å². The largest absolute Gasteiger partial charge is 0.444 e. The van der Waals surface area contributed by atoms with Crippen molar-refractivity contribution >= 4 is 48.0 Å². The Morgan fingerprint density at radius 2 is 2.05 bits per heavy atom. The Labute approximate surface area is 151 Å². The van der Waals surface area contributed by atoms with Gasteiger partial charge in [-0.3, -0.25) is 4.57 Å². The molecule has 0 radical (unpaired) electrons. The van der Waals surface area contributed by atoms with E-state index in [4.69, 9.17) is 9.26 Å². The molecule has 0 rings (SSSR count). The number of carbonyl (C=O) groups is 1. The van der Waals surface area contributed by atoms with Gasteiger partial charge in [-0.15, -0.1) is 11.8 Å². The zero-order valence-electron chi connectivity index (χ0n) is 13.8. The molecule has 1 amide bonds. The van der Waals surface area contributed by atoms with Crippen LogP contribution < -0.4 is 5.32 Å². The van der Waals surface area contributed by atoms with Gasteiger partial charge in [0.05, 0.1) is 17.6 Å². The highest BCUT2D eigenvalue weighted by atomic mass is 127. The van der Waals surface area contributed by atoms with Crippen LogP contribution in [0.4, 0.5) is 4.79 Å². The molecule has 0 aromatic carbocycles. The van der Waals surface area contributed by atoms with E-state index in [-0.39, 0.29) is 17.6 Å². The first kappa shape index (κ1) is 22.5. The number of hydrogen-bond acceptors (Lipinski definition) is 5. The first-order valence-electron chi connectivity index (χ1n) is 7.12. The first-order chi connectivity index (χ1) is 9.99. The third kappa shape index (κ3) is 12.0. The summed E-state index contributed by atoms with van der Waals surface area (Å²) < 4.78 is 22.9. The van der Waals surface area contributed by atoms with E-state index in [2.05, 4.69) is 27.9 Å². The number of carbonyl (C=O) groups excluding carboxylic acids is 1. The molecule has 0 spiro atoms. The Morgan fingerprint density at radius 3 is 2.50 bits per heavy atom. The predicted octanol–water partition coefficient (Wildman–Crippen LogP) is 4.01. The van der Waals surface area contributed by atoms with Crippen molar-refractivity contribution in [1.29, 1.82) is 0 Å². The maximum Gasteiger partial charge on any atom is 0.407 e. The van der Waals surface area contributed by atoms with Gasteiger partial charge in [0.15, 0.2) is 0 Å². The van der Waals surface area contributed by atoms with Crippen LogP contribution in [0.5, 0.6) is 0 Å². The maximum absolute atomic E-state index is 11.9. The number of nitrogens with one attached hydrogen (secondary N) is 1. The molecule has 0 fully saturated rings. The van der Waals surface area contributed by atoms with E-state index in [0.29, 0.717) is 16.6 Å². The molecular formula is C13H27INO5PS. The van der Waals surface area contributed by atoms with Gasteiger partial charge < -0.3 is 19.5 Å². The molecule has 2 N–H and O–H groups in total. The topological polar surface area (TPSA) is 84.9 Å². The van der Waals surface area contributed by atoms with Crippen molar-refractivity contribution in [2.45, 2.75) is 58.8 Å². The standard InChI is InChI=1S/C13H27INO5PS/c1-6-10(2)20-21(17,18)9-22-8-11(7-14)15-12(16)19-13(3,4)5/h10-11H,6-9H2,1-5H3,(H,15,16)(H,17,18). The van der Waals surface area contributed by atoms with Crippen LogP contribution in [0.15, 0.2) is 0 Å². The van der Waals surface area contributed by atoms with Crippen LogP contribution in [0.2, 0.25) is 0 Å². The smallest absolute Gasteiger partial charge is 0.407 e. The minimum Gasteiger partial charge on any atom is -0.444 e. The fraction of sp³-hybridized carbons (Fsp3) is 0.923. The first-order valence-corrected chi connectivity index (χ1v) is 11.6. The van der Waals surface area contributed by atoms with Gasteiger partial charge in [-0.2, -0.15) is 0 Å². The van der Waals surface area contributed by atoms with Crippen LogP contribution in [0.1, 0.15) is 41.0 Å². The number of amides is 1. The van der Waals surface area contributed by atoms with E-state index in [1.165, 1.54) is 11.8 Å². The van der Waals surface area contributed by atoms with E-state index in [9.17, 15) is 14.3 Å². The Kier molecular flexibility index (Phi) is 10.6. The lowest BCUT2D eigenvalue weighted by Crippen LogP contribution is -2.41. The number of thioether (sulfide) groups is 1. The highest BCUT2D eigenvalue weighted by Gasteiger charge is 2.24. The molecule has 0 aliphatic carbocycles. The Hall–Kier alpha value is 0.500. The van der Waals surface area contributed by atoms with Crippen molar-refractivity contribution in [3.05, 3.63) is 0 Å². The van der Waals surface area contributed by atoms with Crippen molar-refractivity contribution in [3.8, 4) is 0 Å². The van der Waals surface area contributed by atoms with Gasteiger partial charge in [0.1, 0.15) is 5.60 Å². The predicted molar refractivity (Wildman–Crippen MR) is 100 cm³/mol. The molecule has 0 saturated carbocycles. The molecule has 0 aliphatic rings. The number of alkyl carbamates (subject to hydrolysis) is 1. The summed E-state index contributed by atoms with van der Waals surface area (Å²) in [7, 11) is -3.58. The minimum atomic E-state index is -3.58. The molecule has 22 heavy (non-hydrogen) atoms. The van der Waals surface area contributed by atoms with Gasteiger partial charge in [-0.1, -0.05) is 29.5 Å². The number of alkyl halides is 1. The molecule has 3 atom stereocenters. The second-order valence-electron chi connectivity index (χ2n) is 5.96. The highest BCUT2D eigenvalue weighted by molar-refractivity contribution is 14.1.